The molecule has 0 unspecified atom stereocenters. The van der Waals surface area contributed by atoms with Gasteiger partial charge in [0.2, 0.25) is 0 Å². The van der Waals surface area contributed by atoms with Crippen molar-refractivity contribution in [1.29, 1.82) is 0 Å². The number of rotatable bonds is 6. The average molecular weight is 447 g/mol. The Morgan fingerprint density at radius 1 is 1.07 bits per heavy atom. The predicted molar refractivity (Wildman–Crippen MR) is 111 cm³/mol. The molecule has 0 aromatic heterocycles. The number of amides is 1. The second kappa shape index (κ2) is 8.93. The van der Waals surface area contributed by atoms with E-state index in [4.69, 9.17) is 21.1 Å². The van der Waals surface area contributed by atoms with Crippen molar-refractivity contribution in [3.05, 3.63) is 87.4 Å². The van der Waals surface area contributed by atoms with Gasteiger partial charge in [0.1, 0.15) is 18.1 Å². The quantitative estimate of drug-likeness (QED) is 0.509. The zero-order chi connectivity index (χ0) is 19.2. The Labute approximate surface area is 171 Å². The lowest BCUT2D eigenvalue weighted by Gasteiger charge is -2.13. The number of halogens is 2. The molecule has 0 aliphatic carbocycles. The average Bonchev–Trinajstić information content (AvgIpc) is 2.69. The molecule has 0 atom stereocenters. The fourth-order valence-electron chi connectivity index (χ4n) is 2.48. The minimum atomic E-state index is -0.211. The summed E-state index contributed by atoms with van der Waals surface area (Å²) >= 11 is 9.31. The van der Waals surface area contributed by atoms with Crippen molar-refractivity contribution in [2.75, 3.05) is 12.4 Å². The molecule has 0 fully saturated rings. The first-order valence-electron chi connectivity index (χ1n) is 8.18. The third-order valence-corrected chi connectivity index (χ3v) is 4.82. The summed E-state index contributed by atoms with van der Waals surface area (Å²) in [5.41, 5.74) is 1.99. The highest BCUT2D eigenvalue weighted by atomic mass is 79.9. The zero-order valence-electron chi connectivity index (χ0n) is 14.5. The molecule has 6 heteroatoms. The lowest BCUT2D eigenvalue weighted by molar-refractivity contribution is 0.102. The molecule has 27 heavy (non-hydrogen) atoms. The maximum atomic E-state index is 12.6. The summed E-state index contributed by atoms with van der Waals surface area (Å²) in [6, 6.07) is 19.8. The van der Waals surface area contributed by atoms with Crippen molar-refractivity contribution < 1.29 is 14.3 Å². The molecule has 1 amide bonds. The third-order valence-electron chi connectivity index (χ3n) is 3.87. The van der Waals surface area contributed by atoms with Crippen molar-refractivity contribution >= 4 is 39.1 Å². The van der Waals surface area contributed by atoms with Crippen molar-refractivity contribution in [2.24, 2.45) is 0 Å². The smallest absolute Gasteiger partial charge is 0.255 e. The molecule has 0 heterocycles. The number of methoxy groups -OCH3 is 1. The second-order valence-electron chi connectivity index (χ2n) is 5.70. The van der Waals surface area contributed by atoms with Crippen LogP contribution in [-0.4, -0.2) is 13.0 Å². The third kappa shape index (κ3) is 5.02. The fourth-order valence-corrected chi connectivity index (χ4v) is 2.99. The largest absolute Gasteiger partial charge is 0.496 e. The van der Waals surface area contributed by atoms with E-state index < -0.39 is 0 Å². The Morgan fingerprint density at radius 3 is 2.52 bits per heavy atom. The number of benzene rings is 3. The van der Waals surface area contributed by atoms with Gasteiger partial charge in [0.15, 0.2) is 0 Å². The standard InChI is InChI=1S/C21H17BrClNO3/c1-26-20-11-6-14(21(25)24-19-5-3-2-4-18(19)22)12-15(20)13-27-17-9-7-16(23)8-10-17/h2-12H,13H2,1H3,(H,24,25). The van der Waals surface area contributed by atoms with Gasteiger partial charge >= 0.3 is 0 Å². The zero-order valence-corrected chi connectivity index (χ0v) is 16.9. The number of nitrogens with one attached hydrogen (secondary N) is 1. The van der Waals surface area contributed by atoms with Crippen LogP contribution in [-0.2, 0) is 6.61 Å². The molecular formula is C21H17BrClNO3. The van der Waals surface area contributed by atoms with Crippen LogP contribution in [0.15, 0.2) is 71.2 Å². The highest BCUT2D eigenvalue weighted by molar-refractivity contribution is 9.10. The van der Waals surface area contributed by atoms with Crippen LogP contribution >= 0.6 is 27.5 Å². The second-order valence-corrected chi connectivity index (χ2v) is 6.99. The van der Waals surface area contributed by atoms with Crippen LogP contribution in [0.5, 0.6) is 11.5 Å². The molecule has 0 saturated carbocycles. The molecular weight excluding hydrogens is 430 g/mol. The van der Waals surface area contributed by atoms with Crippen LogP contribution in [0.4, 0.5) is 5.69 Å². The number of hydrogen-bond acceptors (Lipinski definition) is 3. The monoisotopic (exact) mass is 445 g/mol. The van der Waals surface area contributed by atoms with E-state index in [2.05, 4.69) is 21.2 Å². The first kappa shape index (κ1) is 19.3. The number of ether oxygens (including phenoxy) is 2. The summed E-state index contributed by atoms with van der Waals surface area (Å²) in [6.07, 6.45) is 0. The normalized spacial score (nSPS) is 10.3. The Bertz CT molecular complexity index is 944. The number of hydrogen-bond donors (Lipinski definition) is 1. The topological polar surface area (TPSA) is 47.6 Å². The maximum absolute atomic E-state index is 12.6. The van der Waals surface area contributed by atoms with E-state index >= 15 is 0 Å². The van der Waals surface area contributed by atoms with Crippen molar-refractivity contribution in [2.45, 2.75) is 6.61 Å². The summed E-state index contributed by atoms with van der Waals surface area (Å²) in [7, 11) is 1.59. The van der Waals surface area contributed by atoms with E-state index in [0.717, 1.165) is 10.0 Å². The van der Waals surface area contributed by atoms with Crippen LogP contribution in [0.2, 0.25) is 5.02 Å². The van der Waals surface area contributed by atoms with Gasteiger partial charge in [0.05, 0.1) is 12.8 Å². The summed E-state index contributed by atoms with van der Waals surface area (Å²) in [5.74, 6) is 1.13. The summed E-state index contributed by atoms with van der Waals surface area (Å²) in [5, 5.41) is 3.53. The van der Waals surface area contributed by atoms with E-state index in [1.54, 1.807) is 49.6 Å². The van der Waals surface area contributed by atoms with Crippen molar-refractivity contribution in [1.82, 2.24) is 0 Å². The molecule has 3 rings (SSSR count). The maximum Gasteiger partial charge on any atom is 0.255 e. The van der Waals surface area contributed by atoms with E-state index in [0.29, 0.717) is 27.8 Å². The number of para-hydroxylation sites is 1. The van der Waals surface area contributed by atoms with Gasteiger partial charge < -0.3 is 14.8 Å². The van der Waals surface area contributed by atoms with Crippen LogP contribution in [0.25, 0.3) is 0 Å². The van der Waals surface area contributed by atoms with Crippen molar-refractivity contribution in [3.63, 3.8) is 0 Å². The molecule has 0 bridgehead atoms. The van der Waals surface area contributed by atoms with Gasteiger partial charge in [0.25, 0.3) is 5.91 Å². The summed E-state index contributed by atoms with van der Waals surface area (Å²) < 4.78 is 12.0. The lowest BCUT2D eigenvalue weighted by Crippen LogP contribution is -2.13. The van der Waals surface area contributed by atoms with Gasteiger partial charge in [0, 0.05) is 20.6 Å². The molecule has 138 valence electrons. The van der Waals surface area contributed by atoms with E-state index in [-0.39, 0.29) is 12.5 Å². The number of anilines is 1. The predicted octanol–water partition coefficient (Wildman–Crippen LogP) is 5.94. The molecule has 0 aliphatic rings. The fraction of sp³-hybridized carbons (Fsp3) is 0.0952. The number of carbonyl (C=O) groups is 1. The Hall–Kier alpha value is -2.50. The van der Waals surface area contributed by atoms with Crippen LogP contribution in [0.3, 0.4) is 0 Å². The summed E-state index contributed by atoms with van der Waals surface area (Å²) in [4.78, 5) is 12.6. The van der Waals surface area contributed by atoms with Crippen LogP contribution in [0, 0.1) is 0 Å². The minimum absolute atomic E-state index is 0.211. The van der Waals surface area contributed by atoms with Gasteiger partial charge in [-0.3, -0.25) is 4.79 Å². The first-order chi connectivity index (χ1) is 13.1. The highest BCUT2D eigenvalue weighted by Gasteiger charge is 2.12. The van der Waals surface area contributed by atoms with E-state index in [9.17, 15) is 4.79 Å². The minimum Gasteiger partial charge on any atom is -0.496 e. The van der Waals surface area contributed by atoms with E-state index in [1.165, 1.54) is 0 Å². The Morgan fingerprint density at radius 2 is 1.81 bits per heavy atom. The van der Waals surface area contributed by atoms with E-state index in [1.807, 2.05) is 24.3 Å². The number of carbonyl (C=O) groups excluding carboxylic acids is 1. The molecule has 3 aromatic carbocycles. The van der Waals surface area contributed by atoms with Gasteiger partial charge in [-0.2, -0.15) is 0 Å². The molecule has 4 nitrogen and oxygen atoms in total. The van der Waals surface area contributed by atoms with Crippen LogP contribution in [0.1, 0.15) is 15.9 Å². The van der Waals surface area contributed by atoms with Crippen molar-refractivity contribution in [3.8, 4) is 11.5 Å². The molecule has 3 aromatic rings. The van der Waals surface area contributed by atoms with Gasteiger partial charge in [-0.15, -0.1) is 0 Å². The molecule has 0 spiro atoms. The molecule has 0 aliphatic heterocycles. The van der Waals surface area contributed by atoms with Crippen LogP contribution < -0.4 is 14.8 Å². The molecule has 1 N–H and O–H groups in total. The lowest BCUT2D eigenvalue weighted by atomic mass is 10.1. The first-order valence-corrected chi connectivity index (χ1v) is 9.35. The highest BCUT2D eigenvalue weighted by Crippen LogP contribution is 2.25. The molecule has 0 saturated heterocycles. The van der Waals surface area contributed by atoms with Gasteiger partial charge in [-0.25, -0.2) is 0 Å². The van der Waals surface area contributed by atoms with Gasteiger partial charge in [-0.05, 0) is 70.5 Å². The Balaban J connectivity index is 1.77. The Kier molecular flexibility index (Phi) is 6.37. The summed E-state index contributed by atoms with van der Waals surface area (Å²) in [6.45, 7) is 0.265. The van der Waals surface area contributed by atoms with Gasteiger partial charge in [-0.1, -0.05) is 23.7 Å². The molecule has 0 radical (unpaired) electrons. The SMILES string of the molecule is COc1ccc(C(=O)Nc2ccccc2Br)cc1COc1ccc(Cl)cc1.